The number of aromatic nitrogens is 3. The summed E-state index contributed by atoms with van der Waals surface area (Å²) < 4.78 is 11.2. The Morgan fingerprint density at radius 1 is 1.50 bits per heavy atom. The number of imidazole rings is 1. The van der Waals surface area contributed by atoms with Crippen LogP contribution in [0.4, 0.5) is 4.79 Å². The molecule has 0 unspecified atom stereocenters. The number of hydrogen-bond acceptors (Lipinski definition) is 6. The number of nitrogens with one attached hydrogen (secondary N) is 1. The summed E-state index contributed by atoms with van der Waals surface area (Å²) >= 11 is 1.45. The van der Waals surface area contributed by atoms with Crippen molar-refractivity contribution in [1.82, 2.24) is 14.6 Å². The molecule has 0 aliphatic heterocycles. The second kappa shape index (κ2) is 5.25. The van der Waals surface area contributed by atoms with Crippen molar-refractivity contribution >= 4 is 28.9 Å². The van der Waals surface area contributed by atoms with E-state index < -0.39 is 6.09 Å². The van der Waals surface area contributed by atoms with Crippen LogP contribution in [0.15, 0.2) is 51.5 Å². The van der Waals surface area contributed by atoms with Crippen LogP contribution in [0.3, 0.4) is 0 Å². The number of amides is 1. The van der Waals surface area contributed by atoms with Gasteiger partial charge in [-0.15, -0.1) is 0 Å². The first-order chi connectivity index (χ1) is 9.76. The lowest BCUT2D eigenvalue weighted by Gasteiger charge is -2.05. The number of rotatable bonds is 3. The number of nitrogens with zero attached hydrogens (tertiary/aromatic N) is 3. The Balaban J connectivity index is 1.87. The highest BCUT2D eigenvalue weighted by Gasteiger charge is 2.08. The van der Waals surface area contributed by atoms with E-state index in [1.54, 1.807) is 6.20 Å². The van der Waals surface area contributed by atoms with Gasteiger partial charge in [-0.25, -0.2) is 24.9 Å². The van der Waals surface area contributed by atoms with Gasteiger partial charge >= 0.3 is 6.09 Å². The molecule has 3 rings (SSSR count). The molecule has 0 aliphatic rings. The number of fused-ring (bicyclic) bond motifs is 1. The largest absolute Gasteiger partial charge is 0.452 e. The highest BCUT2D eigenvalue weighted by atomic mass is 32.2. The second-order valence-corrected chi connectivity index (χ2v) is 4.87. The van der Waals surface area contributed by atoms with Crippen LogP contribution < -0.4 is 5.43 Å². The van der Waals surface area contributed by atoms with Gasteiger partial charge in [-0.2, -0.15) is 0 Å². The predicted octanol–water partition coefficient (Wildman–Crippen LogP) is 2.49. The first-order valence-electron chi connectivity index (χ1n) is 5.64. The molecule has 1 amide bonds. The normalized spacial score (nSPS) is 10.7. The molecule has 0 spiro atoms. The number of oxazole rings is 1. The summed E-state index contributed by atoms with van der Waals surface area (Å²) in [4.78, 5) is 20.3. The molecule has 2 aromatic heterocycles. The van der Waals surface area contributed by atoms with Crippen LogP contribution in [0.2, 0.25) is 0 Å². The maximum absolute atomic E-state index is 11.2. The van der Waals surface area contributed by atoms with Gasteiger partial charge in [0.2, 0.25) is 0 Å². The highest BCUT2D eigenvalue weighted by Crippen LogP contribution is 2.29. The lowest BCUT2D eigenvalue weighted by Crippen LogP contribution is -2.21. The van der Waals surface area contributed by atoms with Crippen molar-refractivity contribution < 1.29 is 13.9 Å². The number of ether oxygens (including phenoxy) is 1. The molecule has 0 aliphatic carbocycles. The van der Waals surface area contributed by atoms with Crippen LogP contribution in [0, 0.1) is 0 Å². The second-order valence-electron chi connectivity index (χ2n) is 3.79. The maximum atomic E-state index is 11.2. The summed E-state index contributed by atoms with van der Waals surface area (Å²) in [5.74, 6) is 0. The Bertz CT molecular complexity index is 738. The van der Waals surface area contributed by atoms with Gasteiger partial charge in [0.15, 0.2) is 11.5 Å². The molecule has 7 nitrogen and oxygen atoms in total. The monoisotopic (exact) mass is 290 g/mol. The summed E-state index contributed by atoms with van der Waals surface area (Å²) in [5.41, 5.74) is 4.07. The first-order valence-corrected chi connectivity index (χ1v) is 6.46. The lowest BCUT2D eigenvalue weighted by molar-refractivity contribution is 0.183. The van der Waals surface area contributed by atoms with Crippen molar-refractivity contribution in [2.24, 2.45) is 0 Å². The zero-order chi connectivity index (χ0) is 13.9. The van der Waals surface area contributed by atoms with E-state index >= 15 is 0 Å². The summed E-state index contributed by atoms with van der Waals surface area (Å²) in [6, 6.07) is 5.67. The van der Waals surface area contributed by atoms with Crippen molar-refractivity contribution in [3.05, 3.63) is 37.1 Å². The average Bonchev–Trinajstić information content (AvgIpc) is 3.09. The molecule has 0 radical (unpaired) electrons. The minimum Gasteiger partial charge on any atom is -0.452 e. The van der Waals surface area contributed by atoms with E-state index in [4.69, 9.17) is 4.42 Å². The van der Waals surface area contributed by atoms with Crippen LogP contribution in [0.1, 0.15) is 0 Å². The minimum absolute atomic E-state index is 0.551. The summed E-state index contributed by atoms with van der Waals surface area (Å²) in [5, 5.41) is 0.705. The third kappa shape index (κ3) is 2.45. The number of methoxy groups -OCH3 is 1. The first kappa shape index (κ1) is 12.5. The Morgan fingerprint density at radius 2 is 2.40 bits per heavy atom. The Labute approximate surface area is 117 Å². The van der Waals surface area contributed by atoms with Gasteiger partial charge in [-0.1, -0.05) is 11.8 Å². The van der Waals surface area contributed by atoms with Crippen LogP contribution >= 0.6 is 11.8 Å². The SMILES string of the molecule is COC(=O)Nn1cnc2cc(Sc3cnco3)ccc21. The van der Waals surface area contributed by atoms with Gasteiger partial charge < -0.3 is 9.15 Å². The number of benzene rings is 1. The smallest absolute Gasteiger partial charge is 0.426 e. The third-order valence-corrected chi connectivity index (χ3v) is 3.44. The fourth-order valence-electron chi connectivity index (χ4n) is 1.66. The van der Waals surface area contributed by atoms with Crippen molar-refractivity contribution in [2.45, 2.75) is 9.99 Å². The molecule has 2 heterocycles. The number of hydrogen-bond donors (Lipinski definition) is 1. The topological polar surface area (TPSA) is 82.2 Å². The molecule has 0 saturated heterocycles. The molecule has 0 atom stereocenters. The van der Waals surface area contributed by atoms with E-state index in [1.165, 1.54) is 36.3 Å². The molecule has 8 heteroatoms. The molecule has 0 fully saturated rings. The molecule has 3 aromatic rings. The van der Waals surface area contributed by atoms with E-state index in [-0.39, 0.29) is 0 Å². The molecule has 1 N–H and O–H groups in total. The van der Waals surface area contributed by atoms with Crippen molar-refractivity contribution in [1.29, 1.82) is 0 Å². The highest BCUT2D eigenvalue weighted by molar-refractivity contribution is 7.99. The Morgan fingerprint density at radius 3 is 3.15 bits per heavy atom. The predicted molar refractivity (Wildman–Crippen MR) is 72.1 cm³/mol. The summed E-state index contributed by atoms with van der Waals surface area (Å²) in [6.45, 7) is 0. The van der Waals surface area contributed by atoms with Gasteiger partial charge in [0.1, 0.15) is 6.33 Å². The van der Waals surface area contributed by atoms with Crippen LogP contribution in [-0.4, -0.2) is 27.8 Å². The van der Waals surface area contributed by atoms with Gasteiger partial charge in [0.25, 0.3) is 0 Å². The molecule has 1 aromatic carbocycles. The zero-order valence-electron chi connectivity index (χ0n) is 10.4. The van der Waals surface area contributed by atoms with Gasteiger partial charge in [0.05, 0.1) is 24.3 Å². The molecular formula is C12H10N4O3S. The van der Waals surface area contributed by atoms with E-state index in [0.717, 1.165) is 15.9 Å². The third-order valence-electron chi connectivity index (χ3n) is 2.54. The van der Waals surface area contributed by atoms with Crippen molar-refractivity contribution in [2.75, 3.05) is 12.5 Å². The molecule has 0 saturated carbocycles. The van der Waals surface area contributed by atoms with Gasteiger partial charge in [-0.3, -0.25) is 0 Å². The average molecular weight is 290 g/mol. The van der Waals surface area contributed by atoms with E-state index in [2.05, 4.69) is 20.1 Å². The van der Waals surface area contributed by atoms with Crippen LogP contribution in [0.5, 0.6) is 0 Å². The van der Waals surface area contributed by atoms with Gasteiger partial charge in [-0.05, 0) is 18.2 Å². The van der Waals surface area contributed by atoms with E-state index in [0.29, 0.717) is 5.09 Å². The lowest BCUT2D eigenvalue weighted by atomic mass is 10.3. The van der Waals surface area contributed by atoms with Crippen LogP contribution in [-0.2, 0) is 4.74 Å². The van der Waals surface area contributed by atoms with Crippen molar-refractivity contribution in [3.8, 4) is 0 Å². The maximum Gasteiger partial charge on any atom is 0.426 e. The fraction of sp³-hybridized carbons (Fsp3) is 0.0833. The zero-order valence-corrected chi connectivity index (χ0v) is 11.3. The minimum atomic E-state index is -0.551. The molecule has 0 bridgehead atoms. The fourth-order valence-corrected chi connectivity index (χ4v) is 2.40. The Hall–Kier alpha value is -2.48. The quantitative estimate of drug-likeness (QED) is 0.798. The van der Waals surface area contributed by atoms with E-state index in [1.807, 2.05) is 18.2 Å². The molecule has 102 valence electrons. The van der Waals surface area contributed by atoms with E-state index in [9.17, 15) is 4.79 Å². The molecular weight excluding hydrogens is 280 g/mol. The summed E-state index contributed by atoms with van der Waals surface area (Å²) in [6.07, 6.45) is 4.00. The number of carbonyl (C=O) groups excluding carboxylic acids is 1. The standard InChI is InChI=1S/C12H10N4O3S/c1-18-12(17)15-16-6-14-9-4-8(2-3-10(9)16)20-11-5-13-7-19-11/h2-7H,1H3,(H,15,17). The molecule has 20 heavy (non-hydrogen) atoms. The summed E-state index contributed by atoms with van der Waals surface area (Å²) in [7, 11) is 1.31. The Kier molecular flexibility index (Phi) is 3.30. The van der Waals surface area contributed by atoms with Gasteiger partial charge in [0, 0.05) is 4.90 Å². The van der Waals surface area contributed by atoms with Crippen molar-refractivity contribution in [3.63, 3.8) is 0 Å². The number of carbonyl (C=O) groups is 1. The van der Waals surface area contributed by atoms with Crippen LogP contribution in [0.25, 0.3) is 11.0 Å².